The van der Waals surface area contributed by atoms with Gasteiger partial charge in [-0.15, -0.1) is 11.3 Å². The number of benzene rings is 1. The number of carbonyl (C=O) groups excluding carboxylic acids is 1. The number of anilines is 1. The normalized spacial score (nSPS) is 15.1. The van der Waals surface area contributed by atoms with Crippen LogP contribution in [0.3, 0.4) is 0 Å². The molecule has 0 unspecified atom stereocenters. The molecular weight excluding hydrogens is 450 g/mol. The molecule has 0 spiro atoms. The third kappa shape index (κ3) is 3.79. The molecule has 0 aliphatic carbocycles. The summed E-state index contributed by atoms with van der Waals surface area (Å²) in [4.78, 5) is 21.8. The number of pyridine rings is 1. The molecule has 4 aromatic rings. The molecule has 32 heavy (non-hydrogen) atoms. The van der Waals surface area contributed by atoms with Gasteiger partial charge in [-0.25, -0.2) is 18.4 Å². The molecule has 1 aromatic carbocycles. The van der Waals surface area contributed by atoms with Crippen LogP contribution in [-0.4, -0.2) is 59.5 Å². The molecule has 0 bridgehead atoms. The first-order valence-electron chi connectivity index (χ1n) is 9.89. The average Bonchev–Trinajstić information content (AvgIpc) is 3.48. The molecule has 3 aromatic heterocycles. The second kappa shape index (κ2) is 8.43. The van der Waals surface area contributed by atoms with Gasteiger partial charge in [0.2, 0.25) is 10.0 Å². The van der Waals surface area contributed by atoms with Gasteiger partial charge in [0.05, 0.1) is 36.1 Å². The number of thiophene rings is 1. The van der Waals surface area contributed by atoms with Crippen molar-refractivity contribution >= 4 is 44.0 Å². The maximum atomic E-state index is 13.0. The number of nitrogens with zero attached hydrogens (tertiary/aromatic N) is 4. The number of sulfonamides is 1. The molecular formula is C21H19N5O4S2. The molecule has 0 radical (unpaired) electrons. The lowest BCUT2D eigenvalue weighted by atomic mass is 10.3. The van der Waals surface area contributed by atoms with Gasteiger partial charge in [-0.2, -0.15) is 4.31 Å². The Bertz CT molecular complexity index is 1370. The van der Waals surface area contributed by atoms with Crippen LogP contribution in [-0.2, 0) is 14.8 Å². The van der Waals surface area contributed by atoms with Crippen molar-refractivity contribution < 1.29 is 17.9 Å². The second-order valence-corrected chi connectivity index (χ2v) is 9.92. The molecule has 11 heteroatoms. The zero-order valence-corrected chi connectivity index (χ0v) is 18.5. The highest BCUT2D eigenvalue weighted by Gasteiger charge is 2.31. The number of para-hydroxylation sites is 2. The summed E-state index contributed by atoms with van der Waals surface area (Å²) < 4.78 is 34.4. The summed E-state index contributed by atoms with van der Waals surface area (Å²) >= 11 is 1.09. The van der Waals surface area contributed by atoms with Crippen LogP contribution in [0, 0.1) is 0 Å². The van der Waals surface area contributed by atoms with Crippen LogP contribution < -0.4 is 5.32 Å². The van der Waals surface area contributed by atoms with E-state index in [0.29, 0.717) is 24.7 Å². The Morgan fingerprint density at radius 2 is 1.88 bits per heavy atom. The number of fused-ring (bicyclic) bond motifs is 1. The molecule has 4 heterocycles. The van der Waals surface area contributed by atoms with Crippen LogP contribution in [0.5, 0.6) is 0 Å². The summed E-state index contributed by atoms with van der Waals surface area (Å²) in [7, 11) is -3.77. The first kappa shape index (κ1) is 20.8. The molecule has 1 saturated heterocycles. The molecule has 5 rings (SSSR count). The summed E-state index contributed by atoms with van der Waals surface area (Å²) in [5, 5.41) is 4.35. The lowest BCUT2D eigenvalue weighted by Gasteiger charge is -2.26. The van der Waals surface area contributed by atoms with Crippen LogP contribution in [0.4, 0.5) is 5.69 Å². The van der Waals surface area contributed by atoms with Crippen LogP contribution in [0.25, 0.3) is 16.9 Å². The maximum absolute atomic E-state index is 13.0. The van der Waals surface area contributed by atoms with Gasteiger partial charge in [-0.05, 0) is 35.7 Å². The summed E-state index contributed by atoms with van der Waals surface area (Å²) in [6.07, 6.45) is 3.23. The zero-order chi connectivity index (χ0) is 22.1. The van der Waals surface area contributed by atoms with E-state index in [1.165, 1.54) is 16.6 Å². The molecule has 9 nitrogen and oxygen atoms in total. The van der Waals surface area contributed by atoms with Gasteiger partial charge in [0.1, 0.15) is 21.9 Å². The minimum absolute atomic E-state index is 0.0105. The molecule has 1 amide bonds. The van der Waals surface area contributed by atoms with Gasteiger partial charge < -0.3 is 10.1 Å². The Labute approximate surface area is 188 Å². The van der Waals surface area contributed by atoms with E-state index < -0.39 is 15.9 Å². The SMILES string of the molecule is O=C(Nc1ccc(-n2cnc3ccccc32)nc1)c1sccc1S(=O)(=O)N1CCOCC1. The van der Waals surface area contributed by atoms with E-state index in [0.717, 1.165) is 22.4 Å². The molecule has 1 aliphatic rings. The van der Waals surface area contributed by atoms with E-state index in [1.54, 1.807) is 23.8 Å². The highest BCUT2D eigenvalue weighted by molar-refractivity contribution is 7.89. The van der Waals surface area contributed by atoms with Crippen LogP contribution in [0.1, 0.15) is 9.67 Å². The number of hydrogen-bond acceptors (Lipinski definition) is 7. The van der Waals surface area contributed by atoms with Gasteiger partial charge in [0.25, 0.3) is 5.91 Å². The number of hydrogen-bond donors (Lipinski definition) is 1. The van der Waals surface area contributed by atoms with Gasteiger partial charge >= 0.3 is 0 Å². The molecule has 0 saturated carbocycles. The number of morpholine rings is 1. The largest absolute Gasteiger partial charge is 0.379 e. The van der Waals surface area contributed by atoms with Crippen LogP contribution in [0.2, 0.25) is 0 Å². The summed E-state index contributed by atoms with van der Waals surface area (Å²) in [5.74, 6) is 0.165. The predicted octanol–water partition coefficient (Wildman–Crippen LogP) is 2.76. The number of aromatic nitrogens is 3. The highest BCUT2D eigenvalue weighted by Crippen LogP contribution is 2.27. The highest BCUT2D eigenvalue weighted by atomic mass is 32.2. The first-order chi connectivity index (χ1) is 15.5. The molecule has 1 aliphatic heterocycles. The van der Waals surface area contributed by atoms with E-state index in [9.17, 15) is 13.2 Å². The Morgan fingerprint density at radius 1 is 1.06 bits per heavy atom. The topological polar surface area (TPSA) is 106 Å². The van der Waals surface area contributed by atoms with Crippen LogP contribution in [0.15, 0.2) is 65.3 Å². The van der Waals surface area contributed by atoms with E-state index in [4.69, 9.17) is 4.74 Å². The second-order valence-electron chi connectivity index (χ2n) is 7.09. The Balaban J connectivity index is 1.36. The Kier molecular flexibility index (Phi) is 5.47. The lowest BCUT2D eigenvalue weighted by molar-refractivity contribution is 0.0730. The van der Waals surface area contributed by atoms with E-state index in [2.05, 4.69) is 15.3 Å². The third-order valence-electron chi connectivity index (χ3n) is 5.13. The number of ether oxygens (including phenoxy) is 1. The first-order valence-corrected chi connectivity index (χ1v) is 12.2. The number of carbonyl (C=O) groups is 1. The number of rotatable bonds is 5. The van der Waals surface area contributed by atoms with Gasteiger partial charge in [0.15, 0.2) is 0 Å². The minimum atomic E-state index is -3.77. The Morgan fingerprint density at radius 3 is 2.66 bits per heavy atom. The molecule has 1 N–H and O–H groups in total. The fourth-order valence-electron chi connectivity index (χ4n) is 3.52. The predicted molar refractivity (Wildman–Crippen MR) is 121 cm³/mol. The van der Waals surface area contributed by atoms with Crippen molar-refractivity contribution in [3.8, 4) is 5.82 Å². The molecule has 1 fully saturated rings. The number of imidazole rings is 1. The minimum Gasteiger partial charge on any atom is -0.379 e. The van der Waals surface area contributed by atoms with Crippen molar-refractivity contribution in [3.63, 3.8) is 0 Å². The Hall–Kier alpha value is -3.12. The summed E-state index contributed by atoms with van der Waals surface area (Å²) in [6.45, 7) is 1.23. The number of nitrogens with one attached hydrogen (secondary N) is 1. The third-order valence-corrected chi connectivity index (χ3v) is 8.11. The van der Waals surface area contributed by atoms with E-state index >= 15 is 0 Å². The van der Waals surface area contributed by atoms with Gasteiger partial charge in [-0.1, -0.05) is 12.1 Å². The van der Waals surface area contributed by atoms with Gasteiger partial charge in [0, 0.05) is 13.1 Å². The molecule has 164 valence electrons. The van der Waals surface area contributed by atoms with Crippen molar-refractivity contribution in [3.05, 3.63) is 65.2 Å². The summed E-state index contributed by atoms with van der Waals surface area (Å²) in [5.41, 5.74) is 2.25. The van der Waals surface area contributed by atoms with E-state index in [-0.39, 0.29) is 22.9 Å². The number of amides is 1. The maximum Gasteiger partial charge on any atom is 0.267 e. The lowest BCUT2D eigenvalue weighted by Crippen LogP contribution is -2.41. The monoisotopic (exact) mass is 469 g/mol. The fourth-order valence-corrected chi connectivity index (χ4v) is 6.23. The van der Waals surface area contributed by atoms with Crippen molar-refractivity contribution in [2.75, 3.05) is 31.6 Å². The quantitative estimate of drug-likeness (QED) is 0.482. The fraction of sp³-hybridized carbons (Fsp3) is 0.190. The average molecular weight is 470 g/mol. The van der Waals surface area contributed by atoms with Crippen molar-refractivity contribution in [2.45, 2.75) is 4.90 Å². The van der Waals surface area contributed by atoms with Crippen molar-refractivity contribution in [1.82, 2.24) is 18.8 Å². The smallest absolute Gasteiger partial charge is 0.267 e. The standard InChI is InChI=1S/C21H19N5O4S2/c27-21(20-18(7-12-31-20)32(28,29)25-8-10-30-11-9-25)24-15-5-6-19(22-13-15)26-14-23-16-3-1-2-4-17(16)26/h1-7,12-14H,8-11H2,(H,24,27). The summed E-state index contributed by atoms with van der Waals surface area (Å²) in [6, 6.07) is 12.7. The van der Waals surface area contributed by atoms with Gasteiger partial charge in [-0.3, -0.25) is 9.36 Å². The van der Waals surface area contributed by atoms with Crippen molar-refractivity contribution in [2.24, 2.45) is 0 Å². The van der Waals surface area contributed by atoms with E-state index in [1.807, 2.05) is 28.8 Å². The van der Waals surface area contributed by atoms with Crippen molar-refractivity contribution in [1.29, 1.82) is 0 Å². The van der Waals surface area contributed by atoms with Crippen LogP contribution >= 0.6 is 11.3 Å². The zero-order valence-electron chi connectivity index (χ0n) is 16.8. The molecule has 0 atom stereocenters.